The fraction of sp³-hybridized carbons (Fsp3) is 0.381. The summed E-state index contributed by atoms with van der Waals surface area (Å²) < 4.78 is 5.20. The monoisotopic (exact) mass is 383 g/mol. The van der Waals surface area contributed by atoms with Crippen LogP contribution in [-0.2, 0) is 9.53 Å². The van der Waals surface area contributed by atoms with E-state index in [2.05, 4.69) is 4.98 Å². The molecule has 0 aliphatic carbocycles. The first-order valence-electron chi connectivity index (χ1n) is 9.04. The van der Waals surface area contributed by atoms with Crippen LogP contribution in [0.1, 0.15) is 52.3 Å². The lowest BCUT2D eigenvalue weighted by Gasteiger charge is -2.21. The van der Waals surface area contributed by atoms with Gasteiger partial charge in [0.2, 0.25) is 0 Å². The van der Waals surface area contributed by atoms with Gasteiger partial charge in [-0.1, -0.05) is 17.7 Å². The minimum atomic E-state index is -0.720. The van der Waals surface area contributed by atoms with Crippen LogP contribution in [0.25, 0.3) is 0 Å². The van der Waals surface area contributed by atoms with Crippen LogP contribution in [0.5, 0.6) is 0 Å². The molecular formula is C21H25N3O4. The van der Waals surface area contributed by atoms with Gasteiger partial charge in [0.1, 0.15) is 5.69 Å². The molecule has 0 unspecified atom stereocenters. The van der Waals surface area contributed by atoms with Crippen molar-refractivity contribution in [2.75, 3.05) is 18.1 Å². The number of aromatic amines is 1. The second kappa shape index (κ2) is 9.20. The van der Waals surface area contributed by atoms with E-state index in [0.29, 0.717) is 22.5 Å². The number of aliphatic hydroxyl groups excluding tert-OH is 1. The highest BCUT2D eigenvalue weighted by atomic mass is 16.5. The van der Waals surface area contributed by atoms with Crippen LogP contribution in [0.15, 0.2) is 24.3 Å². The molecule has 0 saturated carbocycles. The van der Waals surface area contributed by atoms with Crippen molar-refractivity contribution in [3.05, 3.63) is 52.3 Å². The van der Waals surface area contributed by atoms with Gasteiger partial charge in [-0.05, 0) is 45.4 Å². The third kappa shape index (κ3) is 4.78. The van der Waals surface area contributed by atoms with E-state index in [0.717, 1.165) is 5.56 Å². The lowest BCUT2D eigenvalue weighted by molar-refractivity contribution is -0.121. The predicted molar refractivity (Wildman–Crippen MR) is 105 cm³/mol. The maximum atomic E-state index is 12.6. The van der Waals surface area contributed by atoms with Gasteiger partial charge in [0.25, 0.3) is 5.91 Å². The van der Waals surface area contributed by atoms with Gasteiger partial charge in [-0.25, -0.2) is 4.79 Å². The van der Waals surface area contributed by atoms with Gasteiger partial charge in [-0.2, -0.15) is 5.26 Å². The summed E-state index contributed by atoms with van der Waals surface area (Å²) in [6.07, 6.45) is -0.553. The lowest BCUT2D eigenvalue weighted by Crippen LogP contribution is -2.35. The molecule has 148 valence electrons. The number of hydrogen-bond donors (Lipinski definition) is 2. The fourth-order valence-electron chi connectivity index (χ4n) is 3.16. The normalized spacial score (nSPS) is 11.6. The Hall–Kier alpha value is -3.11. The average Bonchev–Trinajstić information content (AvgIpc) is 2.95. The van der Waals surface area contributed by atoms with Crippen molar-refractivity contribution in [1.29, 1.82) is 5.26 Å². The van der Waals surface area contributed by atoms with Gasteiger partial charge in [0.05, 0.1) is 18.6 Å². The number of rotatable bonds is 7. The van der Waals surface area contributed by atoms with Crippen LogP contribution >= 0.6 is 0 Å². The molecule has 0 radical (unpaired) electrons. The Labute approximate surface area is 164 Å². The maximum absolute atomic E-state index is 12.6. The Morgan fingerprint density at radius 2 is 1.89 bits per heavy atom. The van der Waals surface area contributed by atoms with E-state index in [1.807, 2.05) is 25.1 Å². The largest absolute Gasteiger partial charge is 0.451 e. The predicted octanol–water partition coefficient (Wildman–Crippen LogP) is 3.10. The Balaban J connectivity index is 2.12. The molecule has 1 amide bonds. The Kier molecular flexibility index (Phi) is 6.96. The van der Waals surface area contributed by atoms with Crippen LogP contribution in [0, 0.1) is 32.1 Å². The second-order valence-corrected chi connectivity index (χ2v) is 6.70. The van der Waals surface area contributed by atoms with E-state index in [9.17, 15) is 14.7 Å². The van der Waals surface area contributed by atoms with Crippen LogP contribution in [0.2, 0.25) is 0 Å². The Morgan fingerprint density at radius 3 is 2.43 bits per heavy atom. The number of carbonyl (C=O) groups is 2. The molecule has 2 N–H and O–H groups in total. The fourth-order valence-corrected chi connectivity index (χ4v) is 3.16. The lowest BCUT2D eigenvalue weighted by atomic mass is 10.1. The molecule has 1 atom stereocenters. The molecule has 0 aliphatic heterocycles. The van der Waals surface area contributed by atoms with Crippen molar-refractivity contribution >= 4 is 17.6 Å². The summed E-state index contributed by atoms with van der Waals surface area (Å²) in [6, 6.07) is 9.35. The number of aryl methyl sites for hydroxylation is 2. The number of H-pyrrole nitrogens is 1. The topological polar surface area (TPSA) is 106 Å². The number of aromatic nitrogens is 1. The molecule has 7 heteroatoms. The van der Waals surface area contributed by atoms with E-state index >= 15 is 0 Å². The van der Waals surface area contributed by atoms with Crippen molar-refractivity contribution in [3.8, 4) is 6.07 Å². The quantitative estimate of drug-likeness (QED) is 0.715. The number of anilines is 1. The highest BCUT2D eigenvalue weighted by Gasteiger charge is 2.23. The van der Waals surface area contributed by atoms with Crippen molar-refractivity contribution < 1.29 is 19.4 Å². The Morgan fingerprint density at radius 1 is 1.25 bits per heavy atom. The third-order valence-corrected chi connectivity index (χ3v) is 4.54. The van der Waals surface area contributed by atoms with Crippen LogP contribution in [0.4, 0.5) is 5.69 Å². The zero-order valence-corrected chi connectivity index (χ0v) is 16.6. The molecule has 7 nitrogen and oxygen atoms in total. The number of amides is 1. The summed E-state index contributed by atoms with van der Waals surface area (Å²) in [5, 5.41) is 18.7. The molecule has 2 aromatic rings. The summed E-state index contributed by atoms with van der Waals surface area (Å²) in [7, 11) is 0. The SMILES string of the molecule is Cc1ccc(N(CCC#N)C(=O)COC(=O)c2[nH]c(C)c([C@@H](C)O)c2C)cc1. The minimum absolute atomic E-state index is 0.167. The highest BCUT2D eigenvalue weighted by Crippen LogP contribution is 2.25. The van der Waals surface area contributed by atoms with Crippen molar-refractivity contribution in [1.82, 2.24) is 4.98 Å². The molecule has 0 fully saturated rings. The van der Waals surface area contributed by atoms with E-state index in [1.54, 1.807) is 32.9 Å². The van der Waals surface area contributed by atoms with Crippen molar-refractivity contribution in [3.63, 3.8) is 0 Å². The molecule has 0 bridgehead atoms. The first-order chi connectivity index (χ1) is 13.3. The molecule has 1 heterocycles. The zero-order valence-electron chi connectivity index (χ0n) is 16.6. The van der Waals surface area contributed by atoms with Gasteiger partial charge in [0.15, 0.2) is 6.61 Å². The number of esters is 1. The van der Waals surface area contributed by atoms with Crippen LogP contribution in [0.3, 0.4) is 0 Å². The number of nitriles is 1. The molecule has 2 rings (SSSR count). The summed E-state index contributed by atoms with van der Waals surface area (Å²) in [6.45, 7) is 6.81. The summed E-state index contributed by atoms with van der Waals surface area (Å²) in [5.74, 6) is -1.07. The smallest absolute Gasteiger partial charge is 0.355 e. The number of benzene rings is 1. The number of carbonyl (C=O) groups excluding carboxylic acids is 2. The maximum Gasteiger partial charge on any atom is 0.355 e. The first-order valence-corrected chi connectivity index (χ1v) is 9.04. The van der Waals surface area contributed by atoms with Gasteiger partial charge in [-0.15, -0.1) is 0 Å². The van der Waals surface area contributed by atoms with Gasteiger partial charge in [0, 0.05) is 23.5 Å². The van der Waals surface area contributed by atoms with Gasteiger partial charge < -0.3 is 19.7 Å². The number of hydrogen-bond acceptors (Lipinski definition) is 5. The van der Waals surface area contributed by atoms with Crippen LogP contribution < -0.4 is 4.90 Å². The molecular weight excluding hydrogens is 358 g/mol. The summed E-state index contributed by atoms with van der Waals surface area (Å²) in [5.41, 5.74) is 3.85. The first kappa shape index (κ1) is 21.2. The van der Waals surface area contributed by atoms with Gasteiger partial charge >= 0.3 is 5.97 Å². The zero-order chi connectivity index (χ0) is 20.8. The molecule has 1 aromatic carbocycles. The van der Waals surface area contributed by atoms with Gasteiger partial charge in [-0.3, -0.25) is 4.79 Å². The minimum Gasteiger partial charge on any atom is -0.451 e. The molecule has 28 heavy (non-hydrogen) atoms. The number of nitrogens with one attached hydrogen (secondary N) is 1. The summed E-state index contributed by atoms with van der Waals surface area (Å²) in [4.78, 5) is 29.4. The number of ether oxygens (including phenoxy) is 1. The van der Waals surface area contributed by atoms with E-state index in [4.69, 9.17) is 10.00 Å². The molecule has 1 aromatic heterocycles. The molecule has 0 saturated heterocycles. The Bertz CT molecular complexity index is 892. The van der Waals surface area contributed by atoms with Crippen molar-refractivity contribution in [2.24, 2.45) is 0 Å². The third-order valence-electron chi connectivity index (χ3n) is 4.54. The van der Waals surface area contributed by atoms with E-state index < -0.39 is 24.6 Å². The average molecular weight is 383 g/mol. The molecule has 0 aliphatic rings. The highest BCUT2D eigenvalue weighted by molar-refractivity contribution is 5.97. The number of aliphatic hydroxyl groups is 1. The van der Waals surface area contributed by atoms with E-state index in [1.165, 1.54) is 4.90 Å². The van der Waals surface area contributed by atoms with Crippen LogP contribution in [-0.4, -0.2) is 35.1 Å². The van der Waals surface area contributed by atoms with Crippen molar-refractivity contribution in [2.45, 2.75) is 40.2 Å². The standard InChI is InChI=1S/C21H25N3O4/c1-13-6-8-17(9-7-13)24(11-5-10-22)18(26)12-28-21(27)20-14(2)19(16(4)25)15(3)23-20/h6-9,16,23,25H,5,11-12H2,1-4H3/t16-/m1/s1. The summed E-state index contributed by atoms with van der Waals surface area (Å²) >= 11 is 0. The second-order valence-electron chi connectivity index (χ2n) is 6.70. The number of nitrogens with zero attached hydrogens (tertiary/aromatic N) is 2. The molecule has 0 spiro atoms. The van der Waals surface area contributed by atoms with E-state index in [-0.39, 0.29) is 18.7 Å².